The Morgan fingerprint density at radius 3 is 2.78 bits per heavy atom. The van der Waals surface area contributed by atoms with Crippen molar-refractivity contribution >= 4 is 28.4 Å². The Balaban J connectivity index is 1.91. The molecule has 0 aliphatic heterocycles. The molecule has 1 atom stereocenters. The van der Waals surface area contributed by atoms with Gasteiger partial charge in [0.2, 0.25) is 0 Å². The van der Waals surface area contributed by atoms with Crippen LogP contribution in [0.25, 0.3) is 10.9 Å². The summed E-state index contributed by atoms with van der Waals surface area (Å²) in [6.07, 6.45) is 1.74. The smallest absolute Gasteiger partial charge is 0.268 e. The molecule has 0 spiro atoms. The predicted molar refractivity (Wildman–Crippen MR) is 92.8 cm³/mol. The summed E-state index contributed by atoms with van der Waals surface area (Å²) < 4.78 is 1.82. The lowest BCUT2D eigenvalue weighted by Crippen LogP contribution is -2.29. The quantitative estimate of drug-likeness (QED) is 0.789. The van der Waals surface area contributed by atoms with Crippen LogP contribution in [0.4, 0.5) is 0 Å². The minimum absolute atomic E-state index is 0.141. The molecule has 0 radical (unpaired) electrons. The summed E-state index contributed by atoms with van der Waals surface area (Å²) in [6.45, 7) is 3.92. The molecule has 0 fully saturated rings. The topological polar surface area (TPSA) is 46.9 Å². The third-order valence-corrected chi connectivity index (χ3v) is 4.35. The Kier molecular flexibility index (Phi) is 4.09. The number of halogens is 1. The number of hydrogen-bond acceptors (Lipinski definition) is 2. The van der Waals surface area contributed by atoms with Crippen LogP contribution in [0.3, 0.4) is 0 Å². The van der Waals surface area contributed by atoms with Gasteiger partial charge in [0.1, 0.15) is 5.69 Å². The molecule has 5 heteroatoms. The average molecular weight is 328 g/mol. The molecule has 1 amide bonds. The van der Waals surface area contributed by atoms with Crippen LogP contribution in [0, 0.1) is 6.92 Å². The lowest BCUT2D eigenvalue weighted by Gasteiger charge is -2.15. The third kappa shape index (κ3) is 2.82. The monoisotopic (exact) mass is 327 g/mol. The second-order valence-electron chi connectivity index (χ2n) is 5.67. The van der Waals surface area contributed by atoms with Gasteiger partial charge in [0.15, 0.2) is 0 Å². The maximum absolute atomic E-state index is 12.6. The Hall–Kier alpha value is -2.33. The van der Waals surface area contributed by atoms with Gasteiger partial charge >= 0.3 is 0 Å². The number of para-hydroxylation sites is 1. The third-order valence-electron chi connectivity index (χ3n) is 4.05. The number of nitrogens with zero attached hydrogens (tertiary/aromatic N) is 2. The molecule has 0 saturated carbocycles. The fourth-order valence-electron chi connectivity index (χ4n) is 2.87. The van der Waals surface area contributed by atoms with Crippen molar-refractivity contribution < 1.29 is 4.79 Å². The van der Waals surface area contributed by atoms with Crippen LogP contribution in [0.15, 0.2) is 42.6 Å². The largest absolute Gasteiger partial charge is 0.343 e. The lowest BCUT2D eigenvalue weighted by molar-refractivity contribution is 0.0931. The molecule has 3 rings (SSSR count). The molecule has 3 aromatic rings. The van der Waals surface area contributed by atoms with Crippen LogP contribution in [0.5, 0.6) is 0 Å². The van der Waals surface area contributed by atoms with E-state index in [0.717, 1.165) is 22.2 Å². The summed E-state index contributed by atoms with van der Waals surface area (Å²) in [6, 6.07) is 11.2. The molecule has 0 aliphatic carbocycles. The van der Waals surface area contributed by atoms with E-state index in [1.165, 1.54) is 0 Å². The highest BCUT2D eigenvalue weighted by Crippen LogP contribution is 2.26. The molecule has 2 heterocycles. The van der Waals surface area contributed by atoms with Crippen molar-refractivity contribution in [3.8, 4) is 0 Å². The summed E-state index contributed by atoms with van der Waals surface area (Å²) in [5, 5.41) is 4.60. The van der Waals surface area contributed by atoms with Crippen LogP contribution in [0.1, 0.15) is 34.7 Å². The van der Waals surface area contributed by atoms with Gasteiger partial charge in [0.25, 0.3) is 5.91 Å². The van der Waals surface area contributed by atoms with Gasteiger partial charge in [-0.1, -0.05) is 29.8 Å². The van der Waals surface area contributed by atoms with Crippen LogP contribution < -0.4 is 5.32 Å². The summed E-state index contributed by atoms with van der Waals surface area (Å²) >= 11 is 6.24. The summed E-state index contributed by atoms with van der Waals surface area (Å²) in [4.78, 5) is 17.0. The molecular formula is C18H18ClN3O. The first-order valence-corrected chi connectivity index (χ1v) is 7.83. The van der Waals surface area contributed by atoms with E-state index >= 15 is 0 Å². The van der Waals surface area contributed by atoms with Gasteiger partial charge in [-0.05, 0) is 37.6 Å². The van der Waals surface area contributed by atoms with Gasteiger partial charge in [0, 0.05) is 18.6 Å². The Morgan fingerprint density at radius 1 is 1.30 bits per heavy atom. The molecule has 1 N–H and O–H groups in total. The zero-order chi connectivity index (χ0) is 16.6. The number of nitrogens with one attached hydrogen (secondary N) is 1. The van der Waals surface area contributed by atoms with Gasteiger partial charge in [-0.15, -0.1) is 0 Å². The van der Waals surface area contributed by atoms with Crippen molar-refractivity contribution in [3.05, 3.63) is 64.6 Å². The predicted octanol–water partition coefficient (Wildman–Crippen LogP) is 4.03. The Labute approximate surface area is 140 Å². The van der Waals surface area contributed by atoms with E-state index in [0.29, 0.717) is 10.7 Å². The van der Waals surface area contributed by atoms with E-state index in [9.17, 15) is 4.79 Å². The molecule has 0 aliphatic rings. The van der Waals surface area contributed by atoms with Gasteiger partial charge < -0.3 is 9.88 Å². The zero-order valence-corrected chi connectivity index (χ0v) is 14.1. The van der Waals surface area contributed by atoms with Crippen LogP contribution in [-0.4, -0.2) is 15.5 Å². The number of carbonyl (C=O) groups excluding carboxylic acids is 1. The van der Waals surface area contributed by atoms with Gasteiger partial charge in [0.05, 0.1) is 22.3 Å². The zero-order valence-electron chi connectivity index (χ0n) is 13.3. The number of benzene rings is 1. The standard InChI is InChI=1S/C18H18ClN3O/c1-11-6-5-9-20-16(11)12(2)21-18(23)15-10-13-7-4-8-14(19)17(13)22(15)3/h4-10,12H,1-3H3,(H,21,23)/t12-/m0/s1. The van der Waals surface area contributed by atoms with E-state index in [4.69, 9.17) is 11.6 Å². The highest BCUT2D eigenvalue weighted by atomic mass is 35.5. The number of hydrogen-bond donors (Lipinski definition) is 1. The Morgan fingerprint density at radius 2 is 2.09 bits per heavy atom. The summed E-state index contributed by atoms with van der Waals surface area (Å²) in [7, 11) is 1.85. The summed E-state index contributed by atoms with van der Waals surface area (Å²) in [5.74, 6) is -0.141. The van der Waals surface area contributed by atoms with Gasteiger partial charge in [-0.2, -0.15) is 0 Å². The van der Waals surface area contributed by atoms with E-state index in [1.54, 1.807) is 6.20 Å². The first kappa shape index (κ1) is 15.6. The normalized spacial score (nSPS) is 12.3. The van der Waals surface area contributed by atoms with Crippen LogP contribution >= 0.6 is 11.6 Å². The second kappa shape index (κ2) is 6.05. The lowest BCUT2D eigenvalue weighted by atomic mass is 10.1. The van der Waals surface area contributed by atoms with Crippen molar-refractivity contribution in [2.75, 3.05) is 0 Å². The maximum Gasteiger partial charge on any atom is 0.268 e. The van der Waals surface area contributed by atoms with Crippen molar-refractivity contribution in [2.24, 2.45) is 7.05 Å². The second-order valence-corrected chi connectivity index (χ2v) is 6.07. The van der Waals surface area contributed by atoms with Crippen molar-refractivity contribution in [2.45, 2.75) is 19.9 Å². The van der Waals surface area contributed by atoms with Crippen molar-refractivity contribution in [1.82, 2.24) is 14.9 Å². The fraction of sp³-hybridized carbons (Fsp3) is 0.222. The molecule has 0 bridgehead atoms. The number of aromatic nitrogens is 2. The van der Waals surface area contributed by atoms with Gasteiger partial charge in [-0.25, -0.2) is 0 Å². The molecular weight excluding hydrogens is 310 g/mol. The SMILES string of the molecule is Cc1cccnc1[C@H](C)NC(=O)c1cc2cccc(Cl)c2n1C. The number of amides is 1. The minimum atomic E-state index is -0.169. The first-order valence-electron chi connectivity index (χ1n) is 7.45. The number of pyridine rings is 1. The number of rotatable bonds is 3. The van der Waals surface area contributed by atoms with E-state index in [-0.39, 0.29) is 11.9 Å². The Bertz CT molecular complexity index is 885. The van der Waals surface area contributed by atoms with Crippen LogP contribution in [-0.2, 0) is 7.05 Å². The molecule has 23 heavy (non-hydrogen) atoms. The molecule has 118 valence electrons. The summed E-state index contributed by atoms with van der Waals surface area (Å²) in [5.41, 5.74) is 3.37. The first-order chi connectivity index (χ1) is 11.0. The molecule has 2 aromatic heterocycles. The molecule has 0 unspecified atom stereocenters. The molecule has 4 nitrogen and oxygen atoms in total. The number of fused-ring (bicyclic) bond motifs is 1. The number of carbonyl (C=O) groups is 1. The van der Waals surface area contributed by atoms with Crippen LogP contribution in [0.2, 0.25) is 5.02 Å². The van der Waals surface area contributed by atoms with Crippen molar-refractivity contribution in [1.29, 1.82) is 0 Å². The van der Waals surface area contributed by atoms with E-state index in [2.05, 4.69) is 10.3 Å². The number of aryl methyl sites for hydroxylation is 2. The van der Waals surface area contributed by atoms with E-state index < -0.39 is 0 Å². The molecule has 0 saturated heterocycles. The maximum atomic E-state index is 12.6. The van der Waals surface area contributed by atoms with Crippen molar-refractivity contribution in [3.63, 3.8) is 0 Å². The van der Waals surface area contributed by atoms with Gasteiger partial charge in [-0.3, -0.25) is 9.78 Å². The minimum Gasteiger partial charge on any atom is -0.343 e. The van der Waals surface area contributed by atoms with E-state index in [1.807, 2.05) is 61.9 Å². The molecule has 1 aromatic carbocycles. The fourth-order valence-corrected chi connectivity index (χ4v) is 3.18. The highest BCUT2D eigenvalue weighted by Gasteiger charge is 2.18. The average Bonchev–Trinajstić information content (AvgIpc) is 2.86. The highest BCUT2D eigenvalue weighted by molar-refractivity contribution is 6.35.